The molecule has 14 heteroatoms. The minimum absolute atomic E-state index is 0.0213. The number of rotatable bonds is 11. The quantitative estimate of drug-likeness (QED) is 0.163. The number of carbonyl (C=O) groups is 2. The van der Waals surface area contributed by atoms with E-state index in [1.807, 2.05) is 6.07 Å². The van der Waals surface area contributed by atoms with Crippen molar-refractivity contribution in [2.24, 2.45) is 0 Å². The molecule has 2 heterocycles. The number of piperidine rings is 1. The number of hydrogen-bond donors (Lipinski definition) is 3. The fraction of sp³-hybridized carbons (Fsp3) is 0.265. The van der Waals surface area contributed by atoms with Crippen molar-refractivity contribution in [3.05, 3.63) is 102 Å². The summed E-state index contributed by atoms with van der Waals surface area (Å²) >= 11 is 0. The molecule has 3 N–H and O–H groups in total. The molecule has 4 aromatic rings. The van der Waals surface area contributed by atoms with Gasteiger partial charge in [0.05, 0.1) is 11.4 Å². The number of nitrogens with zero attached hydrogens (tertiary/aromatic N) is 3. The Hall–Kier alpha value is -5.08. The summed E-state index contributed by atoms with van der Waals surface area (Å²) in [6.45, 7) is 4.78. The second-order valence-corrected chi connectivity index (χ2v) is 13.3. The second-order valence-electron chi connectivity index (χ2n) is 11.3. The first-order valence-electron chi connectivity index (χ1n) is 15.4. The number of hydrogen-bond acceptors (Lipinski definition) is 7. The average Bonchev–Trinajstić information content (AvgIpc) is 3.05. The highest BCUT2D eigenvalue weighted by Crippen LogP contribution is 2.28. The van der Waals surface area contributed by atoms with Gasteiger partial charge in [-0.2, -0.15) is 0 Å². The lowest BCUT2D eigenvalue weighted by Crippen LogP contribution is -2.49. The average molecular weight is 679 g/mol. The highest BCUT2D eigenvalue weighted by atomic mass is 32.2. The monoisotopic (exact) mass is 678 g/mol. The van der Waals surface area contributed by atoms with Crippen molar-refractivity contribution in [2.45, 2.75) is 39.3 Å². The molecule has 1 aliphatic rings. The first-order valence-corrected chi connectivity index (χ1v) is 17.0. The molecule has 11 nitrogen and oxygen atoms in total. The van der Waals surface area contributed by atoms with Crippen molar-refractivity contribution in [1.82, 2.24) is 9.88 Å². The summed E-state index contributed by atoms with van der Waals surface area (Å²) in [6, 6.07) is 19.2. The lowest BCUT2D eigenvalue weighted by molar-refractivity contribution is -0.114. The summed E-state index contributed by atoms with van der Waals surface area (Å²) in [6.07, 6.45) is 2.96. The summed E-state index contributed by atoms with van der Waals surface area (Å²) in [5.74, 6) is -0.686. The smallest absolute Gasteiger partial charge is 0.326 e. The maximum Gasteiger partial charge on any atom is 0.326 e. The number of pyridine rings is 1. The maximum absolute atomic E-state index is 14.3. The van der Waals surface area contributed by atoms with Crippen LogP contribution in [-0.2, 0) is 21.4 Å². The van der Waals surface area contributed by atoms with Crippen LogP contribution in [0.15, 0.2) is 85.1 Å². The van der Waals surface area contributed by atoms with Gasteiger partial charge in [0.2, 0.25) is 21.8 Å². The molecule has 0 radical (unpaired) electrons. The molecule has 1 aromatic heterocycles. The van der Waals surface area contributed by atoms with Crippen molar-refractivity contribution in [1.29, 1.82) is 0 Å². The first-order chi connectivity index (χ1) is 23.0. The van der Waals surface area contributed by atoms with E-state index in [9.17, 15) is 26.8 Å². The molecule has 48 heavy (non-hydrogen) atoms. The molecule has 5 rings (SSSR count). The van der Waals surface area contributed by atoms with E-state index in [0.717, 1.165) is 11.6 Å². The fourth-order valence-electron chi connectivity index (χ4n) is 5.31. The maximum atomic E-state index is 14.3. The van der Waals surface area contributed by atoms with Crippen LogP contribution < -0.4 is 25.0 Å². The van der Waals surface area contributed by atoms with Crippen LogP contribution in [0.4, 0.5) is 36.3 Å². The summed E-state index contributed by atoms with van der Waals surface area (Å²) < 4.78 is 60.3. The van der Waals surface area contributed by atoms with E-state index in [-0.39, 0.29) is 23.2 Å². The Morgan fingerprint density at radius 2 is 1.69 bits per heavy atom. The third-order valence-corrected chi connectivity index (χ3v) is 9.00. The molecule has 0 bridgehead atoms. The molecular formula is C34H36F2N6O5S. The summed E-state index contributed by atoms with van der Waals surface area (Å²) in [5, 5.41) is 5.17. The van der Waals surface area contributed by atoms with E-state index >= 15 is 0 Å². The number of likely N-dealkylation sites (tertiary alicyclic amines) is 1. The van der Waals surface area contributed by atoms with Crippen molar-refractivity contribution < 1.29 is 31.5 Å². The van der Waals surface area contributed by atoms with Crippen LogP contribution in [0, 0.1) is 11.6 Å². The molecule has 3 amide bonds. The second kappa shape index (κ2) is 15.2. The normalized spacial score (nSPS) is 13.8. The van der Waals surface area contributed by atoms with Gasteiger partial charge in [0, 0.05) is 61.9 Å². The molecule has 0 aliphatic carbocycles. The Balaban J connectivity index is 1.19. The number of halogens is 2. The summed E-state index contributed by atoms with van der Waals surface area (Å²) in [4.78, 5) is 33.3. The molecular weight excluding hydrogens is 642 g/mol. The summed E-state index contributed by atoms with van der Waals surface area (Å²) in [5.41, 5.74) is 2.03. The van der Waals surface area contributed by atoms with E-state index in [4.69, 9.17) is 4.74 Å². The molecule has 0 atom stereocenters. The van der Waals surface area contributed by atoms with E-state index < -0.39 is 33.6 Å². The molecule has 1 aliphatic heterocycles. The standard InChI is InChI=1S/C34H36F2N6O5S/c1-3-48(45,46)40-26-8-11-30(12-9-26)47-33-14-7-24(21-37-33)22-41-17-15-28(16-18-41)42(29-6-4-5-25(35)19-29)34(44)39-27-10-13-31(36)32(20-27)38-23(2)43/h4-14,19-21,28,40H,3,15-18,22H2,1-2H3,(H,38,43)(H,39,44). The van der Waals surface area contributed by atoms with E-state index in [1.54, 1.807) is 55.6 Å². The van der Waals surface area contributed by atoms with Gasteiger partial charge in [0.1, 0.15) is 17.4 Å². The van der Waals surface area contributed by atoms with Gasteiger partial charge < -0.3 is 15.4 Å². The Bertz CT molecular complexity index is 1850. The van der Waals surface area contributed by atoms with Crippen LogP contribution in [0.2, 0.25) is 0 Å². The van der Waals surface area contributed by atoms with Gasteiger partial charge in [0.25, 0.3) is 0 Å². The van der Waals surface area contributed by atoms with Crippen molar-refractivity contribution >= 4 is 44.7 Å². The van der Waals surface area contributed by atoms with E-state index in [0.29, 0.717) is 55.5 Å². The number of anilines is 4. The lowest BCUT2D eigenvalue weighted by Gasteiger charge is -2.38. The van der Waals surface area contributed by atoms with Crippen LogP contribution in [-0.4, -0.2) is 55.1 Å². The molecule has 1 saturated heterocycles. The number of benzene rings is 3. The molecule has 0 spiro atoms. The topological polar surface area (TPSA) is 133 Å². The van der Waals surface area contributed by atoms with Crippen molar-refractivity contribution in [3.63, 3.8) is 0 Å². The first kappa shape index (κ1) is 34.3. The predicted molar refractivity (Wildman–Crippen MR) is 181 cm³/mol. The number of urea groups is 1. The minimum atomic E-state index is -3.37. The molecule has 1 fully saturated rings. The van der Waals surface area contributed by atoms with Crippen LogP contribution in [0.25, 0.3) is 0 Å². The number of aromatic nitrogens is 1. The molecule has 0 unspecified atom stereocenters. The van der Waals surface area contributed by atoms with E-state index in [1.165, 1.54) is 36.1 Å². The van der Waals surface area contributed by atoms with Crippen LogP contribution in [0.3, 0.4) is 0 Å². The van der Waals surface area contributed by atoms with Gasteiger partial charge in [-0.05, 0) is 86.0 Å². The van der Waals surface area contributed by atoms with Crippen LogP contribution in [0.1, 0.15) is 32.3 Å². The van der Waals surface area contributed by atoms with Crippen molar-refractivity contribution in [2.75, 3.05) is 39.1 Å². The number of ether oxygens (including phenoxy) is 1. The zero-order chi connectivity index (χ0) is 34.3. The van der Waals surface area contributed by atoms with Crippen LogP contribution >= 0.6 is 0 Å². The number of carbonyl (C=O) groups excluding carboxylic acids is 2. The largest absolute Gasteiger partial charge is 0.439 e. The van der Waals surface area contributed by atoms with Gasteiger partial charge in [-0.3, -0.25) is 19.3 Å². The van der Waals surface area contributed by atoms with Gasteiger partial charge in [-0.15, -0.1) is 0 Å². The zero-order valence-electron chi connectivity index (χ0n) is 26.4. The van der Waals surface area contributed by atoms with Crippen LogP contribution in [0.5, 0.6) is 11.6 Å². The Morgan fingerprint density at radius 1 is 0.958 bits per heavy atom. The van der Waals surface area contributed by atoms with Gasteiger partial charge in [0.15, 0.2) is 0 Å². The number of nitrogens with one attached hydrogen (secondary N) is 3. The van der Waals surface area contributed by atoms with Gasteiger partial charge in [-0.1, -0.05) is 12.1 Å². The highest BCUT2D eigenvalue weighted by molar-refractivity contribution is 7.92. The lowest BCUT2D eigenvalue weighted by atomic mass is 10.0. The Kier molecular flexibility index (Phi) is 10.9. The Morgan fingerprint density at radius 3 is 2.33 bits per heavy atom. The minimum Gasteiger partial charge on any atom is -0.439 e. The SMILES string of the molecule is CCS(=O)(=O)Nc1ccc(Oc2ccc(CN3CCC(N(C(=O)Nc4ccc(F)c(NC(C)=O)c4)c4cccc(F)c4)CC3)cn2)cc1. The third kappa shape index (κ3) is 9.26. The number of amides is 3. The zero-order valence-corrected chi connectivity index (χ0v) is 27.3. The molecule has 3 aromatic carbocycles. The van der Waals surface area contributed by atoms with Gasteiger partial charge >= 0.3 is 6.03 Å². The van der Waals surface area contributed by atoms with Gasteiger partial charge in [-0.25, -0.2) is 27.0 Å². The van der Waals surface area contributed by atoms with E-state index in [2.05, 4.69) is 25.2 Å². The molecule has 252 valence electrons. The highest BCUT2D eigenvalue weighted by Gasteiger charge is 2.30. The van der Waals surface area contributed by atoms with Crippen molar-refractivity contribution in [3.8, 4) is 11.6 Å². The Labute approximate surface area is 278 Å². The molecule has 0 saturated carbocycles. The fourth-order valence-corrected chi connectivity index (χ4v) is 5.95. The third-order valence-electron chi connectivity index (χ3n) is 7.69. The predicted octanol–water partition coefficient (Wildman–Crippen LogP) is 6.58. The number of sulfonamides is 1. The summed E-state index contributed by atoms with van der Waals surface area (Å²) in [7, 11) is -3.37.